The van der Waals surface area contributed by atoms with E-state index in [1.807, 2.05) is 30.3 Å². The summed E-state index contributed by atoms with van der Waals surface area (Å²) in [6.07, 6.45) is 2.68. The van der Waals surface area contributed by atoms with Crippen molar-refractivity contribution in [1.82, 2.24) is 16.0 Å². The molecule has 0 aromatic heterocycles. The van der Waals surface area contributed by atoms with Gasteiger partial charge in [-0.15, -0.1) is 0 Å². The lowest BCUT2D eigenvalue weighted by molar-refractivity contribution is -0.122. The van der Waals surface area contributed by atoms with Crippen molar-refractivity contribution in [1.29, 1.82) is 0 Å². The SMILES string of the molecule is C[C@H](NC(=O)NCC1CC(N)C1)C(=O)NCCc1ccccc1. The van der Waals surface area contributed by atoms with E-state index in [9.17, 15) is 9.59 Å². The van der Waals surface area contributed by atoms with E-state index < -0.39 is 6.04 Å². The van der Waals surface area contributed by atoms with Crippen molar-refractivity contribution in [2.45, 2.75) is 38.3 Å². The molecule has 1 aliphatic rings. The molecule has 1 fully saturated rings. The lowest BCUT2D eigenvalue weighted by Gasteiger charge is -2.32. The highest BCUT2D eigenvalue weighted by molar-refractivity contribution is 5.86. The normalized spacial score (nSPS) is 21.0. The van der Waals surface area contributed by atoms with Gasteiger partial charge in [-0.3, -0.25) is 4.79 Å². The van der Waals surface area contributed by atoms with Crippen molar-refractivity contribution in [2.75, 3.05) is 13.1 Å². The third-order valence-corrected chi connectivity index (χ3v) is 4.12. The summed E-state index contributed by atoms with van der Waals surface area (Å²) in [6.45, 7) is 2.84. The van der Waals surface area contributed by atoms with Crippen LogP contribution >= 0.6 is 0 Å². The van der Waals surface area contributed by atoms with Crippen molar-refractivity contribution in [3.8, 4) is 0 Å². The molecule has 6 nitrogen and oxygen atoms in total. The number of benzene rings is 1. The van der Waals surface area contributed by atoms with E-state index in [1.165, 1.54) is 5.56 Å². The Morgan fingerprint density at radius 2 is 1.91 bits per heavy atom. The Morgan fingerprint density at radius 1 is 1.22 bits per heavy atom. The van der Waals surface area contributed by atoms with E-state index in [4.69, 9.17) is 5.73 Å². The van der Waals surface area contributed by atoms with Crippen molar-refractivity contribution >= 4 is 11.9 Å². The number of amides is 3. The van der Waals surface area contributed by atoms with E-state index >= 15 is 0 Å². The fourth-order valence-corrected chi connectivity index (χ4v) is 2.63. The van der Waals surface area contributed by atoms with Crippen molar-refractivity contribution < 1.29 is 9.59 Å². The highest BCUT2D eigenvalue weighted by Gasteiger charge is 2.26. The maximum atomic E-state index is 11.9. The highest BCUT2D eigenvalue weighted by atomic mass is 16.2. The van der Waals surface area contributed by atoms with Gasteiger partial charge in [-0.05, 0) is 37.7 Å². The minimum atomic E-state index is -0.561. The summed E-state index contributed by atoms with van der Waals surface area (Å²) < 4.78 is 0. The average Bonchev–Trinajstić information content (AvgIpc) is 2.51. The standard InChI is InChI=1S/C17H26N4O2/c1-12(21-17(23)20-11-14-9-15(18)10-14)16(22)19-8-7-13-5-3-2-4-6-13/h2-6,12,14-15H,7-11,18H2,1H3,(H,19,22)(H2,20,21,23)/t12-,14?,15?/m0/s1. The van der Waals surface area contributed by atoms with Gasteiger partial charge in [0.1, 0.15) is 6.04 Å². The summed E-state index contributed by atoms with van der Waals surface area (Å²) in [5.41, 5.74) is 6.87. The molecule has 1 saturated carbocycles. The van der Waals surface area contributed by atoms with Crippen LogP contribution in [-0.2, 0) is 11.2 Å². The number of nitrogens with one attached hydrogen (secondary N) is 3. The summed E-state index contributed by atoms with van der Waals surface area (Å²) in [7, 11) is 0. The fraction of sp³-hybridized carbons (Fsp3) is 0.529. The summed E-state index contributed by atoms with van der Waals surface area (Å²) in [4.78, 5) is 23.7. The third-order valence-electron chi connectivity index (χ3n) is 4.12. The molecule has 5 N–H and O–H groups in total. The number of nitrogens with two attached hydrogens (primary N) is 1. The number of carbonyl (C=O) groups is 2. The van der Waals surface area contributed by atoms with Crippen molar-refractivity contribution in [3.05, 3.63) is 35.9 Å². The number of hydrogen-bond donors (Lipinski definition) is 4. The third kappa shape index (κ3) is 5.90. The first-order valence-electron chi connectivity index (χ1n) is 8.16. The first-order valence-corrected chi connectivity index (χ1v) is 8.16. The molecule has 1 atom stereocenters. The Balaban J connectivity index is 1.59. The molecule has 6 heteroatoms. The summed E-state index contributed by atoms with van der Waals surface area (Å²) in [5.74, 6) is 0.285. The van der Waals surface area contributed by atoms with Gasteiger partial charge in [-0.2, -0.15) is 0 Å². The quantitative estimate of drug-likeness (QED) is 0.598. The van der Waals surface area contributed by atoms with Crippen LogP contribution < -0.4 is 21.7 Å². The van der Waals surface area contributed by atoms with Crippen molar-refractivity contribution in [3.63, 3.8) is 0 Å². The molecule has 0 heterocycles. The average molecular weight is 318 g/mol. The molecule has 1 aliphatic carbocycles. The number of urea groups is 1. The Labute approximate surface area is 137 Å². The van der Waals surface area contributed by atoms with E-state index in [-0.39, 0.29) is 18.0 Å². The number of rotatable bonds is 7. The molecule has 2 rings (SSSR count). The molecule has 0 unspecified atom stereocenters. The lowest BCUT2D eigenvalue weighted by Crippen LogP contribution is -2.50. The van der Waals surface area contributed by atoms with Gasteiger partial charge in [0.05, 0.1) is 0 Å². The number of carbonyl (C=O) groups excluding carboxylic acids is 2. The molecule has 0 saturated heterocycles. The Bertz CT molecular complexity index is 515. The second kappa shape index (κ2) is 8.53. The molecule has 0 radical (unpaired) electrons. The fourth-order valence-electron chi connectivity index (χ4n) is 2.63. The van der Waals surface area contributed by atoms with Crippen LogP contribution in [-0.4, -0.2) is 37.1 Å². The largest absolute Gasteiger partial charge is 0.354 e. The van der Waals surface area contributed by atoms with Gasteiger partial charge in [-0.25, -0.2) is 4.79 Å². The predicted molar refractivity (Wildman–Crippen MR) is 89.9 cm³/mol. The topological polar surface area (TPSA) is 96.2 Å². The molecule has 1 aromatic rings. The van der Waals surface area contributed by atoms with Crippen LogP contribution in [0.25, 0.3) is 0 Å². The van der Waals surface area contributed by atoms with E-state index in [2.05, 4.69) is 16.0 Å². The Hall–Kier alpha value is -2.08. The van der Waals surface area contributed by atoms with Gasteiger partial charge in [0.15, 0.2) is 0 Å². The van der Waals surface area contributed by atoms with Gasteiger partial charge in [0.2, 0.25) is 5.91 Å². The van der Waals surface area contributed by atoms with E-state index in [1.54, 1.807) is 6.92 Å². The van der Waals surface area contributed by atoms with Crippen LogP contribution in [0.4, 0.5) is 4.79 Å². The molecule has 0 spiro atoms. The monoisotopic (exact) mass is 318 g/mol. The van der Waals surface area contributed by atoms with E-state index in [0.717, 1.165) is 19.3 Å². The maximum absolute atomic E-state index is 11.9. The molecule has 0 aliphatic heterocycles. The van der Waals surface area contributed by atoms with E-state index in [0.29, 0.717) is 19.0 Å². The van der Waals surface area contributed by atoms with Crippen LogP contribution in [0, 0.1) is 5.92 Å². The Morgan fingerprint density at radius 3 is 2.57 bits per heavy atom. The molecular formula is C17H26N4O2. The van der Waals surface area contributed by atoms with Crippen LogP contribution in [0.5, 0.6) is 0 Å². The van der Waals surface area contributed by atoms with Gasteiger partial charge >= 0.3 is 6.03 Å². The van der Waals surface area contributed by atoms with Crippen LogP contribution in [0.15, 0.2) is 30.3 Å². The van der Waals surface area contributed by atoms with Gasteiger partial charge < -0.3 is 21.7 Å². The highest BCUT2D eigenvalue weighted by Crippen LogP contribution is 2.24. The molecule has 0 bridgehead atoms. The van der Waals surface area contributed by atoms with Crippen LogP contribution in [0.2, 0.25) is 0 Å². The molecular weight excluding hydrogens is 292 g/mol. The summed E-state index contributed by atoms with van der Waals surface area (Å²) >= 11 is 0. The van der Waals surface area contributed by atoms with Crippen LogP contribution in [0.1, 0.15) is 25.3 Å². The minimum absolute atomic E-state index is 0.179. The summed E-state index contributed by atoms with van der Waals surface area (Å²) in [6, 6.07) is 9.36. The molecule has 3 amide bonds. The maximum Gasteiger partial charge on any atom is 0.315 e. The zero-order valence-corrected chi connectivity index (χ0v) is 13.5. The molecule has 1 aromatic carbocycles. The zero-order chi connectivity index (χ0) is 16.7. The predicted octanol–water partition coefficient (Wildman–Crippen LogP) is 0.770. The summed E-state index contributed by atoms with van der Waals surface area (Å²) in [5, 5.41) is 8.27. The second-order valence-electron chi connectivity index (χ2n) is 6.20. The second-order valence-corrected chi connectivity index (χ2v) is 6.20. The van der Waals surface area contributed by atoms with Gasteiger partial charge in [0.25, 0.3) is 0 Å². The molecule has 23 heavy (non-hydrogen) atoms. The first-order chi connectivity index (χ1) is 11.0. The zero-order valence-electron chi connectivity index (χ0n) is 13.5. The van der Waals surface area contributed by atoms with Gasteiger partial charge in [-0.1, -0.05) is 30.3 Å². The van der Waals surface area contributed by atoms with Crippen LogP contribution in [0.3, 0.4) is 0 Å². The molecule has 126 valence electrons. The smallest absolute Gasteiger partial charge is 0.315 e. The first kappa shape index (κ1) is 17.3. The minimum Gasteiger partial charge on any atom is -0.354 e. The van der Waals surface area contributed by atoms with Gasteiger partial charge in [0, 0.05) is 19.1 Å². The lowest BCUT2D eigenvalue weighted by atomic mass is 9.81. The van der Waals surface area contributed by atoms with Crippen molar-refractivity contribution in [2.24, 2.45) is 11.7 Å². The number of hydrogen-bond acceptors (Lipinski definition) is 3. The Kier molecular flexibility index (Phi) is 6.40.